The van der Waals surface area contributed by atoms with Crippen LogP contribution in [0, 0.1) is 0 Å². The van der Waals surface area contributed by atoms with Gasteiger partial charge in [0.1, 0.15) is 0 Å². The molecule has 0 bridgehead atoms. The average Bonchev–Trinajstić information content (AvgIpc) is 3.34. The van der Waals surface area contributed by atoms with Crippen LogP contribution in [0.1, 0.15) is 59.9 Å². The fourth-order valence-corrected chi connectivity index (χ4v) is 8.03. The number of hydrogen-bond donors (Lipinski definition) is 5. The van der Waals surface area contributed by atoms with E-state index in [9.17, 15) is 0 Å². The fraction of sp³-hybridized carbons (Fsp3) is 0.429. The van der Waals surface area contributed by atoms with Gasteiger partial charge in [-0.25, -0.2) is 0 Å². The summed E-state index contributed by atoms with van der Waals surface area (Å²) in [6.45, 7) is 0. The molecule has 0 heterocycles. The van der Waals surface area contributed by atoms with Gasteiger partial charge in [0.15, 0.2) is 0 Å². The molecule has 0 aromatic heterocycles. The lowest BCUT2D eigenvalue weighted by Crippen LogP contribution is -1.97. The molecule has 0 unspecified atom stereocenters. The van der Waals surface area contributed by atoms with Crippen LogP contribution >= 0.6 is 63.1 Å². The molecule has 6 aromatic rings. The standard InChI is InChI=1S/C35H40S5/c36-11-1-6-21-16-27-23(8-3-13-38)18-29-25(10-5-15-40)20-30-24(9-4-14-39)19-28-22(7-2-12-37)17-26(21)31-32(27)34(29)35(30)33(28)31/h16-20,36-40H,1-15H2. The second kappa shape index (κ2) is 12.8. The van der Waals surface area contributed by atoms with Crippen LogP contribution in [0.25, 0.3) is 53.9 Å². The minimum absolute atomic E-state index is 0.915. The first-order valence-electron chi connectivity index (χ1n) is 15.0. The maximum Gasteiger partial charge on any atom is -0.00108 e. The van der Waals surface area contributed by atoms with Crippen molar-refractivity contribution in [1.29, 1.82) is 0 Å². The Balaban J connectivity index is 1.82. The third-order valence-corrected chi connectivity index (χ3v) is 10.5. The molecule has 5 heteroatoms. The fourth-order valence-electron chi connectivity index (χ4n) is 7.24. The zero-order chi connectivity index (χ0) is 27.8. The van der Waals surface area contributed by atoms with Gasteiger partial charge in [-0.3, -0.25) is 0 Å². The first kappa shape index (κ1) is 29.2. The smallest absolute Gasteiger partial charge is 0.00108 e. The highest BCUT2D eigenvalue weighted by atomic mass is 32.1. The number of hydrogen-bond acceptors (Lipinski definition) is 5. The van der Waals surface area contributed by atoms with E-state index in [1.165, 1.54) is 81.7 Å². The highest BCUT2D eigenvalue weighted by Gasteiger charge is 2.27. The van der Waals surface area contributed by atoms with Crippen LogP contribution in [0.4, 0.5) is 0 Å². The summed E-state index contributed by atoms with van der Waals surface area (Å²) in [5.74, 6) is 4.58. The summed E-state index contributed by atoms with van der Waals surface area (Å²) in [7, 11) is 0. The van der Waals surface area contributed by atoms with Crippen LogP contribution in [0.3, 0.4) is 0 Å². The van der Waals surface area contributed by atoms with Crippen molar-refractivity contribution in [2.24, 2.45) is 0 Å². The predicted molar refractivity (Wildman–Crippen MR) is 198 cm³/mol. The number of benzene rings is 5. The third-order valence-electron chi connectivity index (χ3n) is 8.94. The van der Waals surface area contributed by atoms with Crippen molar-refractivity contribution in [2.45, 2.75) is 64.2 Å². The number of thiol groups is 5. The summed E-state index contributed by atoms with van der Waals surface area (Å²) in [4.78, 5) is 0. The van der Waals surface area contributed by atoms with Crippen LogP contribution < -0.4 is 0 Å². The van der Waals surface area contributed by atoms with Crippen LogP contribution in [0.15, 0.2) is 30.3 Å². The molecule has 210 valence electrons. The molecule has 0 spiro atoms. The summed E-state index contributed by atoms with van der Waals surface area (Å²) < 4.78 is 0. The molecule has 0 atom stereocenters. The van der Waals surface area contributed by atoms with Crippen molar-refractivity contribution in [3.63, 3.8) is 0 Å². The topological polar surface area (TPSA) is 0 Å². The maximum absolute atomic E-state index is 4.60. The minimum Gasteiger partial charge on any atom is -0.179 e. The highest BCUT2D eigenvalue weighted by molar-refractivity contribution is 7.80. The Morgan fingerprint density at radius 3 is 0.625 bits per heavy atom. The summed E-state index contributed by atoms with van der Waals surface area (Å²) in [6, 6.07) is 12.8. The van der Waals surface area contributed by atoms with Crippen molar-refractivity contribution >= 4 is 117 Å². The van der Waals surface area contributed by atoms with Gasteiger partial charge in [-0.15, -0.1) is 0 Å². The Kier molecular flexibility index (Phi) is 9.35. The first-order chi connectivity index (χ1) is 19.7. The van der Waals surface area contributed by atoms with Gasteiger partial charge in [-0.2, -0.15) is 63.1 Å². The van der Waals surface area contributed by atoms with Crippen molar-refractivity contribution in [1.82, 2.24) is 0 Å². The molecule has 6 aromatic carbocycles. The Morgan fingerprint density at radius 1 is 0.300 bits per heavy atom. The molecule has 0 aliphatic carbocycles. The van der Waals surface area contributed by atoms with Crippen molar-refractivity contribution in [2.75, 3.05) is 28.8 Å². The van der Waals surface area contributed by atoms with Gasteiger partial charge in [-0.05, 0) is 175 Å². The first-order valence-corrected chi connectivity index (χ1v) is 18.1. The molecular weight excluding hydrogens is 581 g/mol. The number of aryl methyl sites for hydroxylation is 5. The summed E-state index contributed by atoms with van der Waals surface area (Å²) in [6.07, 6.45) is 10.9. The normalized spacial score (nSPS) is 12.6. The van der Waals surface area contributed by atoms with E-state index in [2.05, 4.69) is 93.5 Å². The Labute approximate surface area is 266 Å². The number of rotatable bonds is 15. The van der Waals surface area contributed by atoms with Crippen molar-refractivity contribution in [3.8, 4) is 0 Å². The van der Waals surface area contributed by atoms with Crippen LogP contribution in [-0.2, 0) is 32.1 Å². The van der Waals surface area contributed by atoms with E-state index in [4.69, 9.17) is 0 Å². The van der Waals surface area contributed by atoms with E-state index in [0.717, 1.165) is 93.0 Å². The van der Waals surface area contributed by atoms with Crippen molar-refractivity contribution in [3.05, 3.63) is 58.1 Å². The van der Waals surface area contributed by atoms with Crippen LogP contribution in [0.5, 0.6) is 0 Å². The molecule has 40 heavy (non-hydrogen) atoms. The molecular formula is C35H40S5. The molecule has 0 aliphatic rings. The SMILES string of the molecule is SCCCc1cc2c(CCCS)cc3c(CCCS)cc4c(CCCS)cc5c(CCCS)cc1c1c5c4c3c21. The monoisotopic (exact) mass is 620 g/mol. The van der Waals surface area contributed by atoms with Crippen molar-refractivity contribution < 1.29 is 0 Å². The molecule has 0 fully saturated rings. The Hall–Kier alpha value is -0.850. The van der Waals surface area contributed by atoms with Gasteiger partial charge >= 0.3 is 0 Å². The zero-order valence-electron chi connectivity index (χ0n) is 23.2. The third kappa shape index (κ3) is 4.94. The molecule has 6 rings (SSSR count). The maximum atomic E-state index is 4.60. The minimum atomic E-state index is 0.915. The summed E-state index contributed by atoms with van der Waals surface area (Å²) in [5.41, 5.74) is 7.47. The second-order valence-corrected chi connectivity index (χ2v) is 13.7. The molecule has 0 N–H and O–H groups in total. The van der Waals surface area contributed by atoms with Crippen LogP contribution in [0.2, 0.25) is 0 Å². The quantitative estimate of drug-likeness (QED) is 0.0548. The predicted octanol–water partition coefficient (Wildman–Crippen LogP) is 10.1. The Morgan fingerprint density at radius 2 is 0.475 bits per heavy atom. The van der Waals surface area contributed by atoms with E-state index in [-0.39, 0.29) is 0 Å². The molecule has 0 nitrogen and oxygen atoms in total. The molecule has 0 saturated carbocycles. The molecule has 0 amide bonds. The molecule has 0 saturated heterocycles. The van der Waals surface area contributed by atoms with Gasteiger partial charge in [0, 0.05) is 0 Å². The summed E-state index contributed by atoms with van der Waals surface area (Å²) in [5, 5.41) is 14.9. The largest absolute Gasteiger partial charge is 0.179 e. The highest BCUT2D eigenvalue weighted by Crippen LogP contribution is 2.52. The van der Waals surface area contributed by atoms with Gasteiger partial charge in [0.05, 0.1) is 0 Å². The van der Waals surface area contributed by atoms with Gasteiger partial charge in [-0.1, -0.05) is 30.3 Å². The van der Waals surface area contributed by atoms with E-state index >= 15 is 0 Å². The van der Waals surface area contributed by atoms with E-state index < -0.39 is 0 Å². The van der Waals surface area contributed by atoms with E-state index in [1.807, 2.05) is 0 Å². The summed E-state index contributed by atoms with van der Waals surface area (Å²) >= 11 is 23.0. The molecule has 0 aliphatic heterocycles. The lowest BCUT2D eigenvalue weighted by Gasteiger charge is -2.16. The van der Waals surface area contributed by atoms with Gasteiger partial charge in [0.25, 0.3) is 0 Å². The van der Waals surface area contributed by atoms with Gasteiger partial charge < -0.3 is 0 Å². The van der Waals surface area contributed by atoms with Gasteiger partial charge in [0.2, 0.25) is 0 Å². The van der Waals surface area contributed by atoms with E-state index in [0.29, 0.717) is 0 Å². The molecule has 0 radical (unpaired) electrons. The second-order valence-electron chi connectivity index (χ2n) is 11.4. The van der Waals surface area contributed by atoms with Crippen LogP contribution in [-0.4, -0.2) is 28.8 Å². The zero-order valence-corrected chi connectivity index (χ0v) is 27.7. The Bertz CT molecular complexity index is 1410. The lowest BCUT2D eigenvalue weighted by molar-refractivity contribution is 0.934. The van der Waals surface area contributed by atoms with E-state index in [1.54, 1.807) is 0 Å². The average molecular weight is 621 g/mol. The lowest BCUT2D eigenvalue weighted by atomic mass is 9.88.